The molecule has 0 bridgehead atoms. The van der Waals surface area contributed by atoms with Crippen molar-refractivity contribution in [3.63, 3.8) is 0 Å². The average molecular weight is 953 g/mol. The minimum Gasteiger partial charge on any atom is -0.507 e. The number of aromatic hydroxyl groups is 1. The van der Waals surface area contributed by atoms with Crippen molar-refractivity contribution in [3.05, 3.63) is 45.6 Å². The summed E-state index contributed by atoms with van der Waals surface area (Å²) in [5.41, 5.74) is 1.80. The number of phenolic OH excluding ortho intramolecular Hbond substituents is 1. The lowest BCUT2D eigenvalue weighted by Gasteiger charge is -2.65. The molecule has 10 atom stereocenters. The van der Waals surface area contributed by atoms with Crippen LogP contribution >= 0.6 is 0 Å². The van der Waals surface area contributed by atoms with Crippen molar-refractivity contribution < 1.29 is 67.7 Å². The predicted molar refractivity (Wildman–Crippen MR) is 251 cm³/mol. The molecule has 5 aliphatic rings. The highest BCUT2D eigenvalue weighted by atomic mass is 16.5. The molecule has 10 unspecified atom stereocenters. The summed E-state index contributed by atoms with van der Waals surface area (Å²) in [5.74, 6) is -0.918. The first kappa shape index (κ1) is 53.2. The number of aliphatic hydroxyl groups is 2. The van der Waals surface area contributed by atoms with Crippen LogP contribution in [0.2, 0.25) is 0 Å². The topological polar surface area (TPSA) is 225 Å². The molecule has 16 nitrogen and oxygen atoms in total. The number of fused-ring (bicyclic) bond motifs is 6. The number of methoxy groups -OCH3 is 2. The van der Waals surface area contributed by atoms with Crippen LogP contribution in [0.4, 0.5) is 0 Å². The second kappa shape index (κ2) is 23.2. The molecule has 0 spiro atoms. The van der Waals surface area contributed by atoms with Gasteiger partial charge in [0.2, 0.25) is 11.8 Å². The maximum absolute atomic E-state index is 12.7. The number of allylic oxidation sites excluding steroid dienone is 3. The summed E-state index contributed by atoms with van der Waals surface area (Å²) in [6.07, 6.45) is 10.4. The number of esters is 1. The Kier molecular flexibility index (Phi) is 18.1. The average Bonchev–Trinajstić information content (AvgIpc) is 3.84. The molecule has 0 radical (unpaired) electrons. The largest absolute Gasteiger partial charge is 0.507 e. The zero-order valence-corrected chi connectivity index (χ0v) is 41.2. The van der Waals surface area contributed by atoms with Gasteiger partial charge in [-0.25, -0.2) is 4.79 Å². The standard InChI is InChI=1S/C52H76N2O14/c1-31(8-10-38-47(60)46-39(29-68-49(46)61)32(2)48(38)64-7)24-35(33(3)56)25-44(58)53-17-20-65-22-23-66-21-18-54-45(59)30-67-37-12-15-50(4)36(26-37)9-11-41-42(50)27-43(57)51(5)40(13-16-52(41,51)62)34(14-19-55)28-63-6/h8,14,19,35-37,40-43,57,60,62H,9-13,15-18,20-30H2,1-7H3,(H,53,58)(H,54,59)/b31-8+,34-14+. The summed E-state index contributed by atoms with van der Waals surface area (Å²) < 4.78 is 33.5. The van der Waals surface area contributed by atoms with Crippen LogP contribution < -0.4 is 15.4 Å². The van der Waals surface area contributed by atoms with E-state index in [2.05, 4.69) is 17.6 Å². The number of phenols is 1. The number of aliphatic hydroxyl groups excluding tert-OH is 1. The third-order valence-electron chi connectivity index (χ3n) is 16.8. The van der Waals surface area contributed by atoms with Gasteiger partial charge in [-0.05, 0) is 131 Å². The lowest BCUT2D eigenvalue weighted by Crippen LogP contribution is -2.67. The van der Waals surface area contributed by atoms with E-state index in [1.165, 1.54) is 14.0 Å². The lowest BCUT2D eigenvalue weighted by molar-refractivity contribution is -0.245. The smallest absolute Gasteiger partial charge is 0.342 e. The van der Waals surface area contributed by atoms with Gasteiger partial charge >= 0.3 is 5.97 Å². The monoisotopic (exact) mass is 953 g/mol. The predicted octanol–water partition coefficient (Wildman–Crippen LogP) is 5.02. The molecule has 4 aliphatic carbocycles. The fraction of sp³-hybridized carbons (Fsp3) is 0.712. The molecule has 16 heteroatoms. The minimum absolute atomic E-state index is 0.0135. The van der Waals surface area contributed by atoms with Crippen LogP contribution in [0.15, 0.2) is 23.3 Å². The molecule has 5 N–H and O–H groups in total. The number of carbonyl (C=O) groups is 5. The number of rotatable bonds is 24. The van der Waals surface area contributed by atoms with Crippen molar-refractivity contribution in [3.8, 4) is 11.5 Å². The number of nitrogens with one attached hydrogen (secondary N) is 2. The number of aldehydes is 1. The first-order chi connectivity index (χ1) is 32.4. The Balaban J connectivity index is 0.826. The number of benzene rings is 1. The third-order valence-corrected chi connectivity index (χ3v) is 16.8. The fourth-order valence-electron chi connectivity index (χ4n) is 13.0. The summed E-state index contributed by atoms with van der Waals surface area (Å²) in [6.45, 7) is 11.6. The SMILES string of the molecule is COC/C(=C\C=O)C1CCC2(O)C3CCC4CC(OCC(=O)NCCOCCOCCNC(=O)CC(C/C(C)=C/Cc5c(O)c6c(c(C)c5OC)COC6=O)C(C)=O)CCC4(C)C3CC(O)C12C. The van der Waals surface area contributed by atoms with Crippen LogP contribution in [0, 0.1) is 47.3 Å². The van der Waals surface area contributed by atoms with Crippen LogP contribution in [-0.4, -0.2) is 130 Å². The first-order valence-corrected chi connectivity index (χ1v) is 24.5. The normalized spacial score (nSPS) is 30.3. The molecule has 4 saturated carbocycles. The van der Waals surface area contributed by atoms with Gasteiger partial charge < -0.3 is 54.4 Å². The van der Waals surface area contributed by atoms with E-state index in [0.717, 1.165) is 55.1 Å². The molecule has 1 aliphatic heterocycles. The number of carbonyl (C=O) groups excluding carboxylic acids is 5. The molecule has 1 aromatic rings. The number of ketones is 1. The van der Waals surface area contributed by atoms with E-state index in [1.54, 1.807) is 13.2 Å². The van der Waals surface area contributed by atoms with Gasteiger partial charge in [-0.2, -0.15) is 0 Å². The van der Waals surface area contributed by atoms with E-state index < -0.39 is 29.0 Å². The van der Waals surface area contributed by atoms with Gasteiger partial charge in [0.25, 0.3) is 0 Å². The van der Waals surface area contributed by atoms with Gasteiger partial charge in [-0.3, -0.25) is 19.2 Å². The lowest BCUT2D eigenvalue weighted by atomic mass is 9.42. The van der Waals surface area contributed by atoms with Gasteiger partial charge in [-0.15, -0.1) is 0 Å². The molecule has 4 fully saturated rings. The Hall–Kier alpha value is -4.19. The second-order valence-electron chi connectivity index (χ2n) is 20.4. The van der Waals surface area contributed by atoms with Crippen LogP contribution in [0.5, 0.6) is 11.5 Å². The van der Waals surface area contributed by atoms with Crippen molar-refractivity contribution in [2.75, 3.05) is 67.0 Å². The molecule has 378 valence electrons. The van der Waals surface area contributed by atoms with Gasteiger partial charge in [0.05, 0.1) is 58.0 Å². The summed E-state index contributed by atoms with van der Waals surface area (Å²) in [6, 6.07) is 0. The summed E-state index contributed by atoms with van der Waals surface area (Å²) >= 11 is 0. The molecule has 68 heavy (non-hydrogen) atoms. The molecule has 0 saturated heterocycles. The highest BCUT2D eigenvalue weighted by molar-refractivity contribution is 5.98. The molecule has 0 aromatic heterocycles. The first-order valence-electron chi connectivity index (χ1n) is 24.5. The van der Waals surface area contributed by atoms with Crippen molar-refractivity contribution in [2.45, 2.75) is 130 Å². The molecule has 2 amide bonds. The van der Waals surface area contributed by atoms with Crippen LogP contribution in [0.25, 0.3) is 0 Å². The molecule has 1 heterocycles. The van der Waals surface area contributed by atoms with E-state index in [1.807, 2.05) is 26.8 Å². The van der Waals surface area contributed by atoms with Gasteiger partial charge in [-0.1, -0.05) is 25.5 Å². The van der Waals surface area contributed by atoms with Crippen molar-refractivity contribution in [1.82, 2.24) is 10.6 Å². The van der Waals surface area contributed by atoms with E-state index >= 15 is 0 Å². The Morgan fingerprint density at radius 1 is 0.912 bits per heavy atom. The maximum Gasteiger partial charge on any atom is 0.342 e. The van der Waals surface area contributed by atoms with E-state index in [4.69, 9.17) is 28.4 Å². The van der Waals surface area contributed by atoms with Crippen LogP contribution in [0.3, 0.4) is 0 Å². The van der Waals surface area contributed by atoms with E-state index in [9.17, 15) is 39.3 Å². The zero-order valence-electron chi connectivity index (χ0n) is 41.2. The fourth-order valence-corrected chi connectivity index (χ4v) is 13.0. The summed E-state index contributed by atoms with van der Waals surface area (Å²) in [4.78, 5) is 61.7. The molecular formula is C52H76N2O14. The van der Waals surface area contributed by atoms with Crippen molar-refractivity contribution in [2.24, 2.45) is 40.4 Å². The number of Topliss-reactive ketones (excluding diaryl/α,β-unsaturated/α-hetero) is 1. The van der Waals surface area contributed by atoms with Crippen molar-refractivity contribution in [1.29, 1.82) is 0 Å². The Bertz CT molecular complexity index is 2070. The van der Waals surface area contributed by atoms with Crippen LogP contribution in [-0.2, 0) is 55.9 Å². The second-order valence-corrected chi connectivity index (χ2v) is 20.4. The van der Waals surface area contributed by atoms with Gasteiger partial charge in [0.15, 0.2) is 0 Å². The number of amides is 2. The number of hydrogen-bond donors (Lipinski definition) is 5. The molecular weight excluding hydrogens is 877 g/mol. The third kappa shape index (κ3) is 11.1. The maximum atomic E-state index is 12.7. The highest BCUT2D eigenvalue weighted by Gasteiger charge is 2.70. The minimum atomic E-state index is -1.03. The molecule has 6 rings (SSSR count). The van der Waals surface area contributed by atoms with Gasteiger partial charge in [0, 0.05) is 49.1 Å². The summed E-state index contributed by atoms with van der Waals surface area (Å²) in [5, 5.41) is 41.0. The van der Waals surface area contributed by atoms with Crippen LogP contribution in [0.1, 0.15) is 119 Å². The number of hydrogen-bond acceptors (Lipinski definition) is 14. The zero-order chi connectivity index (χ0) is 49.4. The molecule has 1 aromatic carbocycles. The summed E-state index contributed by atoms with van der Waals surface area (Å²) in [7, 11) is 3.11. The van der Waals surface area contributed by atoms with Gasteiger partial charge in [0.1, 0.15) is 42.3 Å². The number of ether oxygens (including phenoxy) is 6. The quantitative estimate of drug-likeness (QED) is 0.0302. The number of cyclic esters (lactones) is 1. The Morgan fingerprint density at radius 2 is 1.62 bits per heavy atom. The van der Waals surface area contributed by atoms with E-state index in [-0.39, 0.29) is 97.4 Å². The van der Waals surface area contributed by atoms with E-state index in [0.29, 0.717) is 81.4 Å². The highest BCUT2D eigenvalue weighted by Crippen LogP contribution is 2.70. The van der Waals surface area contributed by atoms with Crippen molar-refractivity contribution >= 4 is 29.9 Å². The Labute approximate surface area is 401 Å². The Morgan fingerprint density at radius 3 is 2.28 bits per heavy atom.